The predicted octanol–water partition coefficient (Wildman–Crippen LogP) is 1.35. The molecule has 5 nitrogen and oxygen atoms in total. The van der Waals surface area contributed by atoms with Gasteiger partial charge in [-0.15, -0.1) is 0 Å². The first-order chi connectivity index (χ1) is 9.70. The van der Waals surface area contributed by atoms with E-state index < -0.39 is 0 Å². The molecule has 0 aliphatic carbocycles. The molecule has 1 heterocycles. The van der Waals surface area contributed by atoms with Crippen LogP contribution in [0.5, 0.6) is 0 Å². The van der Waals surface area contributed by atoms with Crippen molar-refractivity contribution in [2.75, 3.05) is 11.9 Å². The minimum Gasteiger partial charge on any atom is -0.320 e. The molecule has 2 aromatic rings. The first-order valence-corrected chi connectivity index (χ1v) is 6.08. The summed E-state index contributed by atoms with van der Waals surface area (Å²) in [4.78, 5) is 20.1. The van der Waals surface area contributed by atoms with Crippen molar-refractivity contribution < 1.29 is 4.79 Å². The number of amides is 1. The van der Waals surface area contributed by atoms with Crippen molar-refractivity contribution >= 4 is 11.6 Å². The van der Waals surface area contributed by atoms with Crippen LogP contribution in [-0.4, -0.2) is 22.4 Å². The molecule has 1 amide bonds. The van der Waals surface area contributed by atoms with Gasteiger partial charge in [-0.2, -0.15) is 0 Å². The Balaban J connectivity index is 2.21. The summed E-state index contributed by atoms with van der Waals surface area (Å²) in [6.45, 7) is 2.08. The fourth-order valence-electron chi connectivity index (χ4n) is 1.54. The van der Waals surface area contributed by atoms with E-state index in [0.717, 1.165) is 5.69 Å². The molecular formula is C15H14N4O. The third kappa shape index (κ3) is 3.40. The van der Waals surface area contributed by atoms with Crippen LogP contribution in [0.4, 0.5) is 5.69 Å². The van der Waals surface area contributed by atoms with Gasteiger partial charge in [-0.25, -0.2) is 4.98 Å². The Morgan fingerprint density at radius 1 is 1.30 bits per heavy atom. The summed E-state index contributed by atoms with van der Waals surface area (Å²) in [7, 11) is 0. The zero-order valence-corrected chi connectivity index (χ0v) is 11.1. The first kappa shape index (κ1) is 13.7. The number of benzene rings is 1. The highest BCUT2D eigenvalue weighted by atomic mass is 16.1. The molecule has 0 saturated heterocycles. The van der Waals surface area contributed by atoms with Crippen LogP contribution in [-0.2, 0) is 0 Å². The smallest absolute Gasteiger partial charge is 0.275 e. The predicted molar refractivity (Wildman–Crippen MR) is 77.1 cm³/mol. The van der Waals surface area contributed by atoms with E-state index >= 15 is 0 Å². The first-order valence-electron chi connectivity index (χ1n) is 6.08. The van der Waals surface area contributed by atoms with Gasteiger partial charge >= 0.3 is 0 Å². The van der Waals surface area contributed by atoms with Gasteiger partial charge in [-0.1, -0.05) is 24.0 Å². The quantitative estimate of drug-likeness (QED) is 0.804. The number of carbonyl (C=O) groups excluding carboxylic acids is 1. The monoisotopic (exact) mass is 266 g/mol. The molecule has 0 atom stereocenters. The summed E-state index contributed by atoms with van der Waals surface area (Å²) in [5.41, 5.74) is 7.71. The second-order valence-electron chi connectivity index (χ2n) is 4.05. The summed E-state index contributed by atoms with van der Waals surface area (Å²) in [5.74, 6) is 5.36. The number of nitrogens with one attached hydrogen (secondary N) is 1. The Morgan fingerprint density at radius 3 is 2.80 bits per heavy atom. The summed E-state index contributed by atoms with van der Waals surface area (Å²) >= 11 is 0. The minimum atomic E-state index is -0.320. The third-order valence-electron chi connectivity index (χ3n) is 2.51. The Kier molecular flexibility index (Phi) is 4.43. The molecule has 0 unspecified atom stereocenters. The maximum Gasteiger partial charge on any atom is 0.275 e. The average molecular weight is 266 g/mol. The molecule has 0 saturated carbocycles. The Hall–Kier alpha value is -2.71. The molecule has 0 radical (unpaired) electrons. The molecule has 0 spiro atoms. The molecule has 1 aromatic heterocycles. The number of hydrogen-bond donors (Lipinski definition) is 2. The number of rotatable bonds is 2. The highest BCUT2D eigenvalue weighted by Crippen LogP contribution is 2.14. The molecule has 0 fully saturated rings. The van der Waals surface area contributed by atoms with Gasteiger partial charge in [0.25, 0.3) is 5.91 Å². The van der Waals surface area contributed by atoms with Crippen LogP contribution in [0.1, 0.15) is 21.7 Å². The van der Waals surface area contributed by atoms with E-state index in [4.69, 9.17) is 5.73 Å². The zero-order valence-electron chi connectivity index (χ0n) is 11.1. The van der Waals surface area contributed by atoms with E-state index in [9.17, 15) is 4.79 Å². The van der Waals surface area contributed by atoms with Crippen molar-refractivity contribution in [3.63, 3.8) is 0 Å². The summed E-state index contributed by atoms with van der Waals surface area (Å²) in [6, 6.07) is 7.27. The normalized spacial score (nSPS) is 9.50. The number of carbonyl (C=O) groups is 1. The molecule has 3 N–H and O–H groups in total. The topological polar surface area (TPSA) is 80.9 Å². The number of para-hydroxylation sites is 1. The Bertz CT molecular complexity index is 668. The molecule has 0 bridgehead atoms. The Morgan fingerprint density at radius 2 is 2.10 bits per heavy atom. The molecule has 2 rings (SSSR count). The highest BCUT2D eigenvalue weighted by molar-refractivity contribution is 6.03. The van der Waals surface area contributed by atoms with Gasteiger partial charge < -0.3 is 11.1 Å². The van der Waals surface area contributed by atoms with Crippen LogP contribution in [0, 0.1) is 18.8 Å². The van der Waals surface area contributed by atoms with Crippen LogP contribution >= 0.6 is 0 Å². The lowest BCUT2D eigenvalue weighted by molar-refractivity contribution is 0.102. The molecule has 0 aliphatic rings. The van der Waals surface area contributed by atoms with Crippen LogP contribution in [0.15, 0.2) is 36.7 Å². The fourth-order valence-corrected chi connectivity index (χ4v) is 1.54. The van der Waals surface area contributed by atoms with E-state index in [1.54, 1.807) is 12.3 Å². The third-order valence-corrected chi connectivity index (χ3v) is 2.51. The van der Waals surface area contributed by atoms with Crippen LogP contribution in [0.25, 0.3) is 0 Å². The number of nitrogens with zero attached hydrogens (tertiary/aromatic N) is 2. The SMILES string of the molecule is Cc1cnc(C(=O)Nc2ccccc2C#CCN)cn1. The van der Waals surface area contributed by atoms with Gasteiger partial charge in [0.15, 0.2) is 0 Å². The van der Waals surface area contributed by atoms with Crippen molar-refractivity contribution in [3.05, 3.63) is 53.6 Å². The molecular weight excluding hydrogens is 252 g/mol. The van der Waals surface area contributed by atoms with E-state index in [1.807, 2.05) is 25.1 Å². The lowest BCUT2D eigenvalue weighted by atomic mass is 10.2. The van der Waals surface area contributed by atoms with Gasteiger partial charge in [-0.05, 0) is 19.1 Å². The van der Waals surface area contributed by atoms with Gasteiger partial charge in [0.05, 0.1) is 24.1 Å². The van der Waals surface area contributed by atoms with Gasteiger partial charge in [0.1, 0.15) is 5.69 Å². The van der Waals surface area contributed by atoms with E-state index in [0.29, 0.717) is 11.3 Å². The van der Waals surface area contributed by atoms with Gasteiger partial charge in [-0.3, -0.25) is 9.78 Å². The van der Waals surface area contributed by atoms with Crippen LogP contribution in [0.2, 0.25) is 0 Å². The second kappa shape index (κ2) is 6.45. The largest absolute Gasteiger partial charge is 0.320 e. The maximum absolute atomic E-state index is 12.1. The van der Waals surface area contributed by atoms with E-state index in [2.05, 4.69) is 27.1 Å². The molecule has 100 valence electrons. The van der Waals surface area contributed by atoms with E-state index in [-0.39, 0.29) is 18.1 Å². The summed E-state index contributed by atoms with van der Waals surface area (Å²) < 4.78 is 0. The summed E-state index contributed by atoms with van der Waals surface area (Å²) in [5, 5.41) is 2.77. The average Bonchev–Trinajstić information content (AvgIpc) is 2.47. The minimum absolute atomic E-state index is 0.261. The standard InChI is InChI=1S/C15H14N4O/c1-11-9-18-14(10-17-11)15(20)19-13-7-3-2-5-12(13)6-4-8-16/h2-3,5,7,9-10H,8,16H2,1H3,(H,19,20). The van der Waals surface area contributed by atoms with E-state index in [1.165, 1.54) is 6.20 Å². The molecule has 5 heteroatoms. The number of aryl methyl sites for hydroxylation is 1. The van der Waals surface area contributed by atoms with Gasteiger partial charge in [0, 0.05) is 11.8 Å². The van der Waals surface area contributed by atoms with Crippen molar-refractivity contribution in [3.8, 4) is 11.8 Å². The summed E-state index contributed by atoms with van der Waals surface area (Å²) in [6.07, 6.45) is 2.99. The molecule has 20 heavy (non-hydrogen) atoms. The van der Waals surface area contributed by atoms with Crippen molar-refractivity contribution in [2.45, 2.75) is 6.92 Å². The highest BCUT2D eigenvalue weighted by Gasteiger charge is 2.09. The van der Waals surface area contributed by atoms with Crippen LogP contribution < -0.4 is 11.1 Å². The van der Waals surface area contributed by atoms with Crippen molar-refractivity contribution in [1.82, 2.24) is 9.97 Å². The number of nitrogens with two attached hydrogens (primary N) is 1. The lowest BCUT2D eigenvalue weighted by Crippen LogP contribution is -2.15. The molecule has 1 aromatic carbocycles. The Labute approximate surface area is 117 Å². The number of aromatic nitrogens is 2. The fraction of sp³-hybridized carbons (Fsp3) is 0.133. The second-order valence-corrected chi connectivity index (χ2v) is 4.05. The lowest BCUT2D eigenvalue weighted by Gasteiger charge is -2.06. The number of hydrogen-bond acceptors (Lipinski definition) is 4. The van der Waals surface area contributed by atoms with Crippen LogP contribution in [0.3, 0.4) is 0 Å². The maximum atomic E-state index is 12.1. The van der Waals surface area contributed by atoms with Crippen molar-refractivity contribution in [2.24, 2.45) is 5.73 Å². The zero-order chi connectivity index (χ0) is 14.4. The number of anilines is 1. The van der Waals surface area contributed by atoms with Crippen molar-refractivity contribution in [1.29, 1.82) is 0 Å². The van der Waals surface area contributed by atoms with Gasteiger partial charge in [0.2, 0.25) is 0 Å². The molecule has 0 aliphatic heterocycles.